The fourth-order valence-electron chi connectivity index (χ4n) is 1.62. The second-order valence-electron chi connectivity index (χ2n) is 4.18. The quantitative estimate of drug-likeness (QED) is 0.863. The fraction of sp³-hybridized carbons (Fsp3) is 0.154. The van der Waals surface area contributed by atoms with E-state index in [9.17, 15) is 13.2 Å². The van der Waals surface area contributed by atoms with Gasteiger partial charge in [-0.3, -0.25) is 4.72 Å². The maximum atomic E-state index is 12.3. The molecule has 2 aromatic rings. The zero-order valence-corrected chi connectivity index (χ0v) is 13.6. The Kier molecular flexibility index (Phi) is 4.55. The molecule has 0 aliphatic rings. The van der Waals surface area contributed by atoms with E-state index in [4.69, 9.17) is 11.6 Å². The Bertz CT molecular complexity index is 783. The van der Waals surface area contributed by atoms with E-state index in [1.807, 2.05) is 6.92 Å². The molecule has 0 amide bonds. The average Bonchev–Trinajstić information content (AvgIpc) is 2.92. The minimum Gasteiger partial charge on any atom is -0.465 e. The SMILES string of the molecule is COC(=O)c1sccc1S(=O)(=O)Nc1ccc(C)c(Cl)c1. The van der Waals surface area contributed by atoms with Crippen LogP contribution in [0.2, 0.25) is 5.02 Å². The Morgan fingerprint density at radius 1 is 1.33 bits per heavy atom. The number of aryl methyl sites for hydroxylation is 1. The lowest BCUT2D eigenvalue weighted by molar-refractivity contribution is 0.0602. The van der Waals surface area contributed by atoms with E-state index in [2.05, 4.69) is 9.46 Å². The lowest BCUT2D eigenvalue weighted by Gasteiger charge is -2.09. The lowest BCUT2D eigenvalue weighted by Crippen LogP contribution is -2.15. The van der Waals surface area contributed by atoms with E-state index >= 15 is 0 Å². The van der Waals surface area contributed by atoms with Crippen LogP contribution < -0.4 is 4.72 Å². The minimum absolute atomic E-state index is 0.0307. The molecule has 1 aromatic carbocycles. The molecule has 0 saturated carbocycles. The number of esters is 1. The van der Waals surface area contributed by atoms with Gasteiger partial charge in [-0.15, -0.1) is 11.3 Å². The molecular formula is C13H12ClNO4S2. The number of hydrogen-bond donors (Lipinski definition) is 1. The summed E-state index contributed by atoms with van der Waals surface area (Å²) in [6.07, 6.45) is 0. The molecule has 1 aromatic heterocycles. The van der Waals surface area contributed by atoms with Crippen LogP contribution in [0.4, 0.5) is 5.69 Å². The van der Waals surface area contributed by atoms with Gasteiger partial charge in [-0.25, -0.2) is 13.2 Å². The number of ether oxygens (including phenoxy) is 1. The molecule has 0 unspecified atom stereocenters. The van der Waals surface area contributed by atoms with Crippen LogP contribution in [0.1, 0.15) is 15.2 Å². The maximum Gasteiger partial charge on any atom is 0.349 e. The van der Waals surface area contributed by atoms with E-state index in [1.165, 1.54) is 24.6 Å². The van der Waals surface area contributed by atoms with Crippen molar-refractivity contribution in [2.24, 2.45) is 0 Å². The minimum atomic E-state index is -3.88. The zero-order chi connectivity index (χ0) is 15.6. The molecule has 5 nitrogen and oxygen atoms in total. The third-order valence-corrected chi connectivity index (χ3v) is 5.57. The van der Waals surface area contributed by atoms with Gasteiger partial charge in [-0.2, -0.15) is 0 Å². The molecular weight excluding hydrogens is 334 g/mol. The normalized spacial score (nSPS) is 11.2. The highest BCUT2D eigenvalue weighted by Gasteiger charge is 2.24. The van der Waals surface area contributed by atoms with Crippen molar-refractivity contribution in [3.8, 4) is 0 Å². The monoisotopic (exact) mass is 345 g/mol. The van der Waals surface area contributed by atoms with Gasteiger partial charge >= 0.3 is 5.97 Å². The van der Waals surface area contributed by atoms with Crippen LogP contribution in [0.15, 0.2) is 34.5 Å². The summed E-state index contributed by atoms with van der Waals surface area (Å²) in [5.41, 5.74) is 1.16. The molecule has 0 fully saturated rings. The standard InChI is InChI=1S/C13H12ClNO4S2/c1-8-3-4-9(7-10(8)14)15-21(17,18)11-5-6-20-12(11)13(16)19-2/h3-7,15H,1-2H3. The zero-order valence-electron chi connectivity index (χ0n) is 11.2. The van der Waals surface area contributed by atoms with Gasteiger partial charge in [0.2, 0.25) is 0 Å². The predicted molar refractivity (Wildman–Crippen MR) is 82.7 cm³/mol. The van der Waals surface area contributed by atoms with Crippen molar-refractivity contribution in [3.63, 3.8) is 0 Å². The largest absolute Gasteiger partial charge is 0.465 e. The summed E-state index contributed by atoms with van der Waals surface area (Å²) in [6, 6.07) is 6.17. The molecule has 1 N–H and O–H groups in total. The van der Waals surface area contributed by atoms with Crippen LogP contribution in [0.3, 0.4) is 0 Å². The molecule has 0 aliphatic carbocycles. The van der Waals surface area contributed by atoms with Crippen LogP contribution in [0.25, 0.3) is 0 Å². The van der Waals surface area contributed by atoms with E-state index in [-0.39, 0.29) is 9.77 Å². The van der Waals surface area contributed by atoms with Gasteiger partial charge < -0.3 is 4.74 Å². The Morgan fingerprint density at radius 3 is 2.67 bits per heavy atom. The van der Waals surface area contributed by atoms with Gasteiger partial charge in [0, 0.05) is 5.02 Å². The molecule has 112 valence electrons. The number of sulfonamides is 1. The molecule has 8 heteroatoms. The number of benzene rings is 1. The molecule has 0 bridgehead atoms. The highest BCUT2D eigenvalue weighted by atomic mass is 35.5. The second kappa shape index (κ2) is 6.05. The molecule has 0 atom stereocenters. The Labute approximate surface area is 131 Å². The van der Waals surface area contributed by atoms with Gasteiger partial charge in [-0.05, 0) is 36.1 Å². The third-order valence-electron chi connectivity index (χ3n) is 2.71. The van der Waals surface area contributed by atoms with E-state index in [1.54, 1.807) is 12.1 Å². The van der Waals surface area contributed by atoms with Crippen molar-refractivity contribution >= 4 is 44.6 Å². The first-order valence-corrected chi connectivity index (χ1v) is 8.54. The summed E-state index contributed by atoms with van der Waals surface area (Å²) in [4.78, 5) is 11.5. The fourth-order valence-corrected chi connectivity index (χ4v) is 4.18. The van der Waals surface area contributed by atoms with E-state index in [0.717, 1.165) is 16.9 Å². The first-order valence-electron chi connectivity index (χ1n) is 5.80. The smallest absolute Gasteiger partial charge is 0.349 e. The van der Waals surface area contributed by atoms with Crippen molar-refractivity contribution in [2.45, 2.75) is 11.8 Å². The Hall–Kier alpha value is -1.57. The molecule has 0 spiro atoms. The molecule has 21 heavy (non-hydrogen) atoms. The van der Waals surface area contributed by atoms with Crippen LogP contribution in [-0.2, 0) is 14.8 Å². The first-order chi connectivity index (χ1) is 9.85. The van der Waals surface area contributed by atoms with Crippen molar-refractivity contribution in [3.05, 3.63) is 45.1 Å². The number of halogens is 1. The van der Waals surface area contributed by atoms with Crippen molar-refractivity contribution in [2.75, 3.05) is 11.8 Å². The van der Waals surface area contributed by atoms with Crippen molar-refractivity contribution in [1.82, 2.24) is 0 Å². The Morgan fingerprint density at radius 2 is 2.05 bits per heavy atom. The summed E-state index contributed by atoms with van der Waals surface area (Å²) < 4.78 is 31.7. The number of carbonyl (C=O) groups is 1. The third kappa shape index (κ3) is 3.37. The first kappa shape index (κ1) is 15.8. The molecule has 1 heterocycles. The summed E-state index contributed by atoms with van der Waals surface area (Å²) in [7, 11) is -2.68. The second-order valence-corrected chi connectivity index (χ2v) is 7.15. The summed E-state index contributed by atoms with van der Waals surface area (Å²) in [6.45, 7) is 1.81. The van der Waals surface area contributed by atoms with Gasteiger partial charge in [-0.1, -0.05) is 17.7 Å². The summed E-state index contributed by atoms with van der Waals surface area (Å²) in [5.74, 6) is -0.688. The van der Waals surface area contributed by atoms with Gasteiger partial charge in [0.25, 0.3) is 10.0 Å². The number of carbonyl (C=O) groups excluding carboxylic acids is 1. The average molecular weight is 346 g/mol. The topological polar surface area (TPSA) is 72.5 Å². The van der Waals surface area contributed by atoms with E-state index < -0.39 is 16.0 Å². The van der Waals surface area contributed by atoms with Gasteiger partial charge in [0.05, 0.1) is 12.8 Å². The van der Waals surface area contributed by atoms with Gasteiger partial charge in [0.15, 0.2) is 0 Å². The van der Waals surface area contributed by atoms with Crippen LogP contribution in [0, 0.1) is 6.92 Å². The van der Waals surface area contributed by atoms with Crippen LogP contribution in [0.5, 0.6) is 0 Å². The van der Waals surface area contributed by atoms with Gasteiger partial charge in [0.1, 0.15) is 9.77 Å². The predicted octanol–water partition coefficient (Wildman–Crippen LogP) is 3.30. The number of hydrogen-bond acceptors (Lipinski definition) is 5. The van der Waals surface area contributed by atoms with Crippen LogP contribution in [-0.4, -0.2) is 21.5 Å². The summed E-state index contributed by atoms with van der Waals surface area (Å²) in [5, 5.41) is 1.97. The number of methoxy groups -OCH3 is 1. The molecule has 2 rings (SSSR count). The summed E-state index contributed by atoms with van der Waals surface area (Å²) >= 11 is 6.97. The molecule has 0 aliphatic heterocycles. The number of rotatable bonds is 4. The van der Waals surface area contributed by atoms with E-state index in [0.29, 0.717) is 10.7 Å². The highest BCUT2D eigenvalue weighted by Crippen LogP contribution is 2.26. The highest BCUT2D eigenvalue weighted by molar-refractivity contribution is 7.93. The number of nitrogens with one attached hydrogen (secondary N) is 1. The molecule has 0 radical (unpaired) electrons. The number of thiophene rings is 1. The van der Waals surface area contributed by atoms with Crippen LogP contribution >= 0.6 is 22.9 Å². The Balaban J connectivity index is 2.37. The maximum absolute atomic E-state index is 12.3. The van der Waals surface area contributed by atoms with Crippen molar-refractivity contribution < 1.29 is 17.9 Å². The van der Waals surface area contributed by atoms with Crippen molar-refractivity contribution in [1.29, 1.82) is 0 Å². The lowest BCUT2D eigenvalue weighted by atomic mass is 10.2. The molecule has 0 saturated heterocycles. The number of anilines is 1.